The van der Waals surface area contributed by atoms with Gasteiger partial charge in [-0.25, -0.2) is 15.0 Å². The van der Waals surface area contributed by atoms with E-state index in [2.05, 4.69) is 115 Å². The van der Waals surface area contributed by atoms with Crippen LogP contribution in [0.3, 0.4) is 0 Å². The Morgan fingerprint density at radius 3 is 1.24 bits per heavy atom. The lowest BCUT2D eigenvalue weighted by atomic mass is 9.78. The number of rotatable bonds is 10. The van der Waals surface area contributed by atoms with Crippen LogP contribution in [0.2, 0.25) is 10.0 Å². The summed E-state index contributed by atoms with van der Waals surface area (Å²) in [5.74, 6) is 2.23. The van der Waals surface area contributed by atoms with Gasteiger partial charge in [-0.15, -0.1) is 0 Å². The molecule has 6 N–H and O–H groups in total. The van der Waals surface area contributed by atoms with Gasteiger partial charge in [-0.1, -0.05) is 247 Å². The molecule has 4 heterocycles. The molecule has 0 unspecified atom stereocenters. The number of aldehydes is 1. The van der Waals surface area contributed by atoms with Gasteiger partial charge in [0.2, 0.25) is 17.7 Å². The number of aromatic hydroxyl groups is 2. The summed E-state index contributed by atoms with van der Waals surface area (Å²) in [5, 5.41) is 37.0. The van der Waals surface area contributed by atoms with E-state index in [0.29, 0.717) is 39.5 Å². The zero-order chi connectivity index (χ0) is 78.4. The lowest BCUT2D eigenvalue weighted by Crippen LogP contribution is -2.41. The monoisotopic (exact) mass is 1700 g/mol. The maximum atomic E-state index is 10.0. The van der Waals surface area contributed by atoms with Gasteiger partial charge < -0.3 is 48.6 Å². The summed E-state index contributed by atoms with van der Waals surface area (Å²) in [7, 11) is -1.81. The zero-order valence-corrected chi connectivity index (χ0v) is 66.6. The van der Waals surface area contributed by atoms with Crippen molar-refractivity contribution in [3.05, 3.63) is 350 Å². The van der Waals surface area contributed by atoms with Gasteiger partial charge in [0, 0.05) is 51.9 Å². The third kappa shape index (κ3) is 22.8. The first kappa shape index (κ1) is 81.0. The molecule has 0 aliphatic carbocycles. The van der Waals surface area contributed by atoms with E-state index in [1.54, 1.807) is 72.9 Å². The van der Waals surface area contributed by atoms with Gasteiger partial charge in [0.05, 0.1) is 16.9 Å². The molecule has 0 radical (unpaired) electrons. The van der Waals surface area contributed by atoms with Crippen molar-refractivity contribution in [2.75, 3.05) is 5.73 Å². The predicted octanol–water partition coefficient (Wildman–Crippen LogP) is 22.7. The molecule has 0 atom stereocenters. The standard InChI is InChI=1S/C25H24BNO3.C19H12ClNO.C13H8BrNO.C13H10BrNO.C7H6O.C6H6BClO2.C6H6BrNO/c1-24(2)25(3,4)30-26(29-24)20-12-8-11-18(15-20)19-13-14-22-21(16-19)27-23(28-22)17-9-6-5-7-10-17;20-16-8-4-7-14(11-16)15-9-10-18-17(12-15)21-19(22-18)13-5-2-1-3-6-13;14-10-6-7-12-11(8-10)15-13(16-12)9-4-2-1-3-5-9;14-11-6-7-13(16)12(8-11)15-9-10-4-2-1-3-5-10;8-6-7-4-2-1-3-5-7;8-6-3-1-2-5(4-6)7(9)10;7-4-1-2-6(9)5(8)3-4/h5-16H,1-4H3;1-12H;1-8H;1-9,16H;1-6H;1-4,9-10H;1-3,9H,8H2. The first-order chi connectivity index (χ1) is 53.5. The second-order valence-electron chi connectivity index (χ2n) is 25.8. The van der Waals surface area contributed by atoms with Gasteiger partial charge in [-0.3, -0.25) is 9.79 Å². The Hall–Kier alpha value is -11.0. The number of aromatic nitrogens is 3. The highest BCUT2D eigenvalue weighted by atomic mass is 79.9. The van der Waals surface area contributed by atoms with Crippen molar-refractivity contribution >= 4 is 153 Å². The largest absolute Gasteiger partial charge is 0.506 e. The SMILES string of the molecule is Brc1ccc2oc(-c3ccccc3)nc2c1.CC1(C)OB(c2cccc(-c3ccc4oc(-c5ccccc5)nc4c3)c2)OC1(C)C.Clc1cccc(-c2ccc3oc(-c4ccccc4)nc3c2)c1.Nc1cc(Br)ccc1O.O=Cc1ccccc1.OB(O)c1cccc(Cl)c1.Oc1ccc(Br)cc1N=Cc1ccccc1. The number of benzene rings is 13. The van der Waals surface area contributed by atoms with Gasteiger partial charge in [0.15, 0.2) is 16.7 Å². The van der Waals surface area contributed by atoms with E-state index in [9.17, 15) is 9.90 Å². The first-order valence-electron chi connectivity index (χ1n) is 34.7. The predicted molar refractivity (Wildman–Crippen MR) is 460 cm³/mol. The number of phenolic OH excluding ortho intramolecular Hbond substituents is 2. The van der Waals surface area contributed by atoms with E-state index in [4.69, 9.17) is 71.6 Å². The average molecular weight is 1700 g/mol. The number of aliphatic imine (C=N–C) groups is 1. The topological polar surface area (TPSA) is 233 Å². The molecule has 3 aromatic heterocycles. The molecule has 0 spiro atoms. The second kappa shape index (κ2) is 38.6. The number of anilines is 1. The van der Waals surface area contributed by atoms with Crippen molar-refractivity contribution < 1.29 is 47.6 Å². The Morgan fingerprint density at radius 2 is 0.802 bits per heavy atom. The van der Waals surface area contributed by atoms with Crippen molar-refractivity contribution in [2.24, 2.45) is 4.99 Å². The molecule has 15 nitrogen and oxygen atoms in total. The molecule has 554 valence electrons. The highest BCUT2D eigenvalue weighted by Gasteiger charge is 2.51. The smallest absolute Gasteiger partial charge is 0.494 e. The summed E-state index contributed by atoms with van der Waals surface area (Å²) in [6, 6.07) is 99.1. The Bertz CT molecular complexity index is 5750. The zero-order valence-electron chi connectivity index (χ0n) is 60.3. The fraction of sp³-hybridized carbons (Fsp3) is 0.0674. The van der Waals surface area contributed by atoms with Crippen LogP contribution >= 0.6 is 71.0 Å². The minimum atomic E-state index is -1.43. The quantitative estimate of drug-likeness (QED) is 0.0282. The summed E-state index contributed by atoms with van der Waals surface area (Å²) in [6.45, 7) is 8.28. The molecule has 1 aliphatic heterocycles. The second-order valence-corrected chi connectivity index (χ2v) is 29.4. The summed E-state index contributed by atoms with van der Waals surface area (Å²) < 4.78 is 32.7. The normalized spacial score (nSPS) is 12.3. The summed E-state index contributed by atoms with van der Waals surface area (Å²) >= 11 is 21.6. The van der Waals surface area contributed by atoms with Crippen LogP contribution in [0.4, 0.5) is 11.4 Å². The number of nitrogens with zero attached hydrogens (tertiary/aromatic N) is 4. The minimum Gasteiger partial charge on any atom is -0.506 e. The van der Waals surface area contributed by atoms with E-state index in [1.165, 1.54) is 6.07 Å². The molecule has 111 heavy (non-hydrogen) atoms. The number of oxazole rings is 3. The molecule has 0 amide bonds. The van der Waals surface area contributed by atoms with Crippen LogP contribution in [0.15, 0.2) is 347 Å². The molecule has 13 aromatic carbocycles. The Morgan fingerprint density at radius 1 is 0.414 bits per heavy atom. The van der Waals surface area contributed by atoms with Crippen molar-refractivity contribution in [1.82, 2.24) is 15.0 Å². The van der Waals surface area contributed by atoms with E-state index >= 15 is 0 Å². The third-order valence-corrected chi connectivity index (χ3v) is 19.2. The average Bonchev–Trinajstić information content (AvgIpc) is 1.64. The number of halogens is 5. The lowest BCUT2D eigenvalue weighted by Gasteiger charge is -2.32. The van der Waals surface area contributed by atoms with Crippen LogP contribution < -0.4 is 16.7 Å². The molecule has 1 saturated heterocycles. The van der Waals surface area contributed by atoms with Gasteiger partial charge >= 0.3 is 14.2 Å². The maximum Gasteiger partial charge on any atom is 0.494 e. The van der Waals surface area contributed by atoms with E-state index < -0.39 is 7.12 Å². The summed E-state index contributed by atoms with van der Waals surface area (Å²) in [5.41, 5.74) is 20.9. The van der Waals surface area contributed by atoms with Crippen molar-refractivity contribution in [3.8, 4) is 68.1 Å². The van der Waals surface area contributed by atoms with E-state index in [1.807, 2.05) is 218 Å². The van der Waals surface area contributed by atoms with Crippen LogP contribution in [-0.2, 0) is 9.31 Å². The molecule has 0 bridgehead atoms. The molecule has 1 aliphatic rings. The van der Waals surface area contributed by atoms with Crippen molar-refractivity contribution in [3.63, 3.8) is 0 Å². The Balaban J connectivity index is 0.000000135. The van der Waals surface area contributed by atoms with Gasteiger partial charge in [-0.05, 0) is 206 Å². The maximum absolute atomic E-state index is 10.0. The van der Waals surface area contributed by atoms with Crippen molar-refractivity contribution in [2.45, 2.75) is 38.9 Å². The highest BCUT2D eigenvalue weighted by molar-refractivity contribution is 9.11. The van der Waals surface area contributed by atoms with Crippen LogP contribution in [0.25, 0.3) is 89.9 Å². The number of phenols is 2. The first-order valence-corrected chi connectivity index (χ1v) is 37.9. The Kier molecular flexibility index (Phi) is 28.1. The van der Waals surface area contributed by atoms with Crippen LogP contribution in [0.5, 0.6) is 11.5 Å². The van der Waals surface area contributed by atoms with Gasteiger partial charge in [-0.2, -0.15) is 0 Å². The number of hydrogen-bond donors (Lipinski definition) is 5. The van der Waals surface area contributed by atoms with Crippen LogP contribution in [0, 0.1) is 0 Å². The molecule has 17 rings (SSSR count). The summed E-state index contributed by atoms with van der Waals surface area (Å²) in [6.07, 6.45) is 2.56. The van der Waals surface area contributed by atoms with Crippen LogP contribution in [0.1, 0.15) is 43.6 Å². The number of nitrogen functional groups attached to an aromatic ring is 1. The number of carbonyl (C=O) groups excluding carboxylic acids is 1. The van der Waals surface area contributed by atoms with Gasteiger partial charge in [0.1, 0.15) is 40.0 Å². The molecule has 0 saturated carbocycles. The lowest BCUT2D eigenvalue weighted by molar-refractivity contribution is 0.00578. The molecular formula is C89H72B2Br3Cl2N5O10. The highest BCUT2D eigenvalue weighted by Crippen LogP contribution is 2.38. The fourth-order valence-electron chi connectivity index (χ4n) is 10.7. The minimum absolute atomic E-state index is 0.123. The molecular weight excluding hydrogens is 1630 g/mol. The van der Waals surface area contributed by atoms with E-state index in [0.717, 1.165) is 114 Å². The summed E-state index contributed by atoms with van der Waals surface area (Å²) in [4.78, 5) is 28.0. The molecule has 22 heteroatoms. The van der Waals surface area contributed by atoms with Gasteiger partial charge in [0.25, 0.3) is 0 Å². The third-order valence-electron chi connectivity index (χ3n) is 17.3. The Labute approximate surface area is 678 Å². The van der Waals surface area contributed by atoms with Crippen LogP contribution in [-0.4, -0.2) is 73.2 Å². The molecule has 16 aromatic rings. The number of carbonyl (C=O) groups is 1. The number of fused-ring (bicyclic) bond motifs is 3. The number of nitrogens with two attached hydrogens (primary N) is 1. The van der Waals surface area contributed by atoms with Crippen molar-refractivity contribution in [1.29, 1.82) is 0 Å². The van der Waals surface area contributed by atoms with E-state index in [-0.39, 0.29) is 29.8 Å². The number of hydrogen-bond acceptors (Lipinski definition) is 15. The molecule has 1 fully saturated rings. The fourth-order valence-corrected chi connectivity index (χ4v) is 12.2.